The zero-order valence-electron chi connectivity index (χ0n) is 10.9. The van der Waals surface area contributed by atoms with Gasteiger partial charge >= 0.3 is 0 Å². The van der Waals surface area contributed by atoms with Crippen molar-refractivity contribution in [2.24, 2.45) is 5.92 Å². The second-order valence-electron chi connectivity index (χ2n) is 4.20. The Hall–Kier alpha value is -0.940. The Morgan fingerprint density at radius 2 is 2.33 bits per heavy atom. The van der Waals surface area contributed by atoms with Crippen molar-refractivity contribution in [3.63, 3.8) is 0 Å². The first-order chi connectivity index (χ1) is 8.71. The molecule has 1 aromatic rings. The third-order valence-corrected chi connectivity index (χ3v) is 3.41. The quantitative estimate of drug-likeness (QED) is 0.761. The van der Waals surface area contributed by atoms with Crippen LogP contribution in [-0.2, 0) is 5.75 Å². The molecular weight excluding hydrogens is 250 g/mol. The van der Waals surface area contributed by atoms with Crippen molar-refractivity contribution >= 4 is 17.7 Å². The Morgan fingerprint density at radius 3 is 2.94 bits per heavy atom. The van der Waals surface area contributed by atoms with Crippen LogP contribution in [-0.4, -0.2) is 30.4 Å². The lowest BCUT2D eigenvalue weighted by Gasteiger charge is -2.13. The van der Waals surface area contributed by atoms with Crippen molar-refractivity contribution in [1.29, 1.82) is 0 Å². The van der Waals surface area contributed by atoms with Crippen LogP contribution in [0.15, 0.2) is 16.5 Å². The number of carbonyl (C=O) groups excluding carboxylic acids is 1. The highest BCUT2D eigenvalue weighted by atomic mass is 32.2. The highest BCUT2D eigenvalue weighted by molar-refractivity contribution is 7.97. The minimum Gasteiger partial charge on any atom is -0.455 e. The minimum atomic E-state index is -0.182. The summed E-state index contributed by atoms with van der Waals surface area (Å²) in [6, 6.07) is 3.53. The first-order valence-corrected chi connectivity index (χ1v) is 7.57. The van der Waals surface area contributed by atoms with Gasteiger partial charge in [-0.15, -0.1) is 0 Å². The van der Waals surface area contributed by atoms with Gasteiger partial charge in [-0.05, 0) is 30.7 Å². The van der Waals surface area contributed by atoms with Crippen LogP contribution in [0.1, 0.15) is 36.1 Å². The lowest BCUT2D eigenvalue weighted by Crippen LogP contribution is -2.29. The average Bonchev–Trinajstić information content (AvgIpc) is 2.83. The van der Waals surface area contributed by atoms with Gasteiger partial charge in [-0.3, -0.25) is 4.79 Å². The Morgan fingerprint density at radius 1 is 1.56 bits per heavy atom. The molecule has 2 N–H and O–H groups in total. The summed E-state index contributed by atoms with van der Waals surface area (Å²) in [5.41, 5.74) is 0. The number of nitrogens with one attached hydrogen (secondary N) is 1. The molecule has 1 rings (SSSR count). The largest absolute Gasteiger partial charge is 0.455 e. The molecule has 1 unspecified atom stereocenters. The van der Waals surface area contributed by atoms with Crippen LogP contribution in [0.4, 0.5) is 0 Å². The van der Waals surface area contributed by atoms with Crippen molar-refractivity contribution in [1.82, 2.24) is 5.32 Å². The molecular formula is C13H21NO3S. The summed E-state index contributed by atoms with van der Waals surface area (Å²) in [6.07, 6.45) is 3.65. The predicted octanol–water partition coefficient (Wildman–Crippen LogP) is 2.28. The van der Waals surface area contributed by atoms with E-state index in [9.17, 15) is 4.79 Å². The number of aliphatic hydroxyl groups excluding tert-OH is 1. The van der Waals surface area contributed by atoms with Crippen molar-refractivity contribution in [3.8, 4) is 0 Å². The predicted molar refractivity (Wildman–Crippen MR) is 73.7 cm³/mol. The fourth-order valence-electron chi connectivity index (χ4n) is 1.68. The molecule has 1 atom stereocenters. The Balaban J connectivity index is 2.43. The van der Waals surface area contributed by atoms with E-state index in [2.05, 4.69) is 12.2 Å². The summed E-state index contributed by atoms with van der Waals surface area (Å²) in [7, 11) is 0. The molecule has 1 aromatic heterocycles. The topological polar surface area (TPSA) is 62.5 Å². The van der Waals surface area contributed by atoms with Gasteiger partial charge in [0.05, 0.1) is 5.75 Å². The van der Waals surface area contributed by atoms with E-state index in [0.717, 1.165) is 17.9 Å². The minimum absolute atomic E-state index is 0.160. The summed E-state index contributed by atoms with van der Waals surface area (Å²) in [5, 5.41) is 11.7. The van der Waals surface area contributed by atoms with Gasteiger partial charge in [-0.25, -0.2) is 0 Å². The molecule has 4 nitrogen and oxygen atoms in total. The third kappa shape index (κ3) is 4.74. The van der Waals surface area contributed by atoms with Crippen LogP contribution in [0.2, 0.25) is 0 Å². The number of furan rings is 1. The van der Waals surface area contributed by atoms with E-state index in [1.54, 1.807) is 17.8 Å². The van der Waals surface area contributed by atoms with Crippen LogP contribution in [0.5, 0.6) is 0 Å². The van der Waals surface area contributed by atoms with Gasteiger partial charge in [-0.1, -0.05) is 13.3 Å². The first kappa shape index (κ1) is 15.1. The van der Waals surface area contributed by atoms with Gasteiger partial charge in [0.15, 0.2) is 5.76 Å². The molecule has 0 aliphatic heterocycles. The number of thioether (sulfide) groups is 1. The number of amides is 1. The van der Waals surface area contributed by atoms with Crippen molar-refractivity contribution in [2.75, 3.05) is 19.4 Å². The normalized spacial score (nSPS) is 12.4. The fraction of sp³-hybridized carbons (Fsp3) is 0.615. The molecule has 0 aliphatic rings. The maximum atomic E-state index is 11.8. The van der Waals surface area contributed by atoms with E-state index in [0.29, 0.717) is 24.6 Å². The molecule has 0 spiro atoms. The van der Waals surface area contributed by atoms with E-state index in [1.807, 2.05) is 12.3 Å². The van der Waals surface area contributed by atoms with Crippen molar-refractivity contribution < 1.29 is 14.3 Å². The first-order valence-electron chi connectivity index (χ1n) is 6.18. The van der Waals surface area contributed by atoms with Crippen LogP contribution in [0.3, 0.4) is 0 Å². The van der Waals surface area contributed by atoms with Crippen LogP contribution >= 0.6 is 11.8 Å². The van der Waals surface area contributed by atoms with Gasteiger partial charge < -0.3 is 14.8 Å². The van der Waals surface area contributed by atoms with Crippen molar-refractivity contribution in [2.45, 2.75) is 25.5 Å². The lowest BCUT2D eigenvalue weighted by molar-refractivity contribution is 0.0914. The number of carbonyl (C=O) groups is 1. The third-order valence-electron chi connectivity index (χ3n) is 2.84. The standard InChI is InChI=1S/C13H21NO3S/c1-3-10(6-7-15)8-14-13(16)12-5-4-11(17-12)9-18-2/h4-5,10,15H,3,6-9H2,1-2H3,(H,14,16). The van der Waals surface area contributed by atoms with Crippen LogP contribution in [0.25, 0.3) is 0 Å². The zero-order valence-corrected chi connectivity index (χ0v) is 11.8. The summed E-state index contributed by atoms with van der Waals surface area (Å²) in [5.74, 6) is 2.08. The van der Waals surface area contributed by atoms with E-state index < -0.39 is 0 Å². The molecule has 5 heteroatoms. The smallest absolute Gasteiger partial charge is 0.287 e. The average molecular weight is 271 g/mol. The zero-order chi connectivity index (χ0) is 13.4. The maximum absolute atomic E-state index is 11.8. The van der Waals surface area contributed by atoms with Gasteiger partial charge in [-0.2, -0.15) is 11.8 Å². The molecule has 0 saturated carbocycles. The molecule has 0 fully saturated rings. The van der Waals surface area contributed by atoms with E-state index in [1.165, 1.54) is 0 Å². The number of rotatable bonds is 8. The number of aliphatic hydroxyl groups is 1. The molecule has 0 radical (unpaired) electrons. The van der Waals surface area contributed by atoms with Gasteiger partial charge in [0.1, 0.15) is 5.76 Å². The van der Waals surface area contributed by atoms with Gasteiger partial charge in [0, 0.05) is 13.2 Å². The SMILES string of the molecule is CCC(CCO)CNC(=O)c1ccc(CSC)o1. The summed E-state index contributed by atoms with van der Waals surface area (Å²) < 4.78 is 5.43. The van der Waals surface area contributed by atoms with E-state index >= 15 is 0 Å². The van der Waals surface area contributed by atoms with Crippen molar-refractivity contribution in [3.05, 3.63) is 23.7 Å². The Kier molecular flexibility index (Phi) is 6.90. The molecule has 1 amide bonds. The van der Waals surface area contributed by atoms with Gasteiger partial charge in [0.2, 0.25) is 0 Å². The van der Waals surface area contributed by atoms with Crippen LogP contribution < -0.4 is 5.32 Å². The summed E-state index contributed by atoms with van der Waals surface area (Å²) in [6.45, 7) is 2.79. The van der Waals surface area contributed by atoms with E-state index in [-0.39, 0.29) is 12.5 Å². The summed E-state index contributed by atoms with van der Waals surface area (Å²) in [4.78, 5) is 11.8. The molecule has 18 heavy (non-hydrogen) atoms. The molecule has 0 aromatic carbocycles. The molecule has 1 heterocycles. The monoisotopic (exact) mass is 271 g/mol. The number of hydrogen-bond acceptors (Lipinski definition) is 4. The maximum Gasteiger partial charge on any atom is 0.287 e. The molecule has 0 aliphatic carbocycles. The number of hydrogen-bond donors (Lipinski definition) is 2. The lowest BCUT2D eigenvalue weighted by atomic mass is 10.0. The Labute approximate surface area is 112 Å². The van der Waals surface area contributed by atoms with Gasteiger partial charge in [0.25, 0.3) is 5.91 Å². The Bertz CT molecular complexity index is 365. The molecule has 102 valence electrons. The second-order valence-corrected chi connectivity index (χ2v) is 5.06. The van der Waals surface area contributed by atoms with E-state index in [4.69, 9.17) is 9.52 Å². The highest BCUT2D eigenvalue weighted by Crippen LogP contribution is 2.13. The summed E-state index contributed by atoms with van der Waals surface area (Å²) >= 11 is 1.66. The van der Waals surface area contributed by atoms with Crippen LogP contribution in [0, 0.1) is 5.92 Å². The highest BCUT2D eigenvalue weighted by Gasteiger charge is 2.13. The molecule has 0 saturated heterocycles. The fourth-order valence-corrected chi connectivity index (χ4v) is 2.12. The second kappa shape index (κ2) is 8.21. The molecule has 0 bridgehead atoms.